The summed E-state index contributed by atoms with van der Waals surface area (Å²) in [5.41, 5.74) is 1.32. The molecule has 45 heavy (non-hydrogen) atoms. The molecule has 0 amide bonds. The molecule has 0 fully saturated rings. The summed E-state index contributed by atoms with van der Waals surface area (Å²) in [6, 6.07) is 17.9. The molecule has 9 nitrogen and oxygen atoms in total. The van der Waals surface area contributed by atoms with Gasteiger partial charge in [0.05, 0.1) is 37.6 Å². The highest BCUT2D eigenvalue weighted by Crippen LogP contribution is 2.26. The van der Waals surface area contributed by atoms with Gasteiger partial charge >= 0.3 is 17.9 Å². The van der Waals surface area contributed by atoms with E-state index in [1.54, 1.807) is 79.7 Å². The summed E-state index contributed by atoms with van der Waals surface area (Å²) in [4.78, 5) is 36.4. The maximum absolute atomic E-state index is 12.7. The number of ether oxygens (including phenoxy) is 6. The zero-order chi connectivity index (χ0) is 32.4. The van der Waals surface area contributed by atoms with E-state index in [9.17, 15) is 14.4 Å². The lowest BCUT2D eigenvalue weighted by Gasteiger charge is -2.11. The van der Waals surface area contributed by atoms with Crippen molar-refractivity contribution in [1.29, 1.82) is 0 Å². The summed E-state index contributed by atoms with van der Waals surface area (Å²) < 4.78 is 32.9. The third-order valence-electron chi connectivity index (χ3n) is 6.14. The van der Waals surface area contributed by atoms with Crippen LogP contribution in [0.1, 0.15) is 52.5 Å². The van der Waals surface area contributed by atoms with Crippen molar-refractivity contribution >= 4 is 17.9 Å². The zero-order valence-corrected chi connectivity index (χ0v) is 25.6. The smallest absolute Gasteiger partial charge is 0.343 e. The molecule has 0 saturated heterocycles. The predicted octanol–water partition coefficient (Wildman–Crippen LogP) is 7.20. The van der Waals surface area contributed by atoms with Crippen LogP contribution in [0.2, 0.25) is 0 Å². The van der Waals surface area contributed by atoms with E-state index >= 15 is 0 Å². The molecule has 0 N–H and O–H groups in total. The highest BCUT2D eigenvalue weighted by molar-refractivity contribution is 5.92. The Hall–Kier alpha value is -5.31. The number of aryl methyl sites for hydroxylation is 1. The molecule has 0 aliphatic carbocycles. The van der Waals surface area contributed by atoms with E-state index in [1.807, 2.05) is 13.0 Å². The van der Waals surface area contributed by atoms with Gasteiger partial charge in [-0.15, -0.1) is 0 Å². The minimum atomic E-state index is -0.546. The molecule has 0 spiro atoms. The average Bonchev–Trinajstić information content (AvgIpc) is 3.05. The van der Waals surface area contributed by atoms with Gasteiger partial charge in [-0.3, -0.25) is 0 Å². The number of esters is 3. The zero-order valence-electron chi connectivity index (χ0n) is 25.6. The van der Waals surface area contributed by atoms with Gasteiger partial charge in [0.25, 0.3) is 0 Å². The van der Waals surface area contributed by atoms with Crippen molar-refractivity contribution in [3.63, 3.8) is 0 Å². The van der Waals surface area contributed by atoms with Gasteiger partial charge in [-0.1, -0.05) is 20.1 Å². The summed E-state index contributed by atoms with van der Waals surface area (Å²) in [5.74, 6) is 1.06. The summed E-state index contributed by atoms with van der Waals surface area (Å²) in [7, 11) is 0. The highest BCUT2D eigenvalue weighted by Gasteiger charge is 2.14. The molecular formula is C36H38O9. The lowest BCUT2D eigenvalue weighted by Crippen LogP contribution is -2.11. The topological polar surface area (TPSA) is 107 Å². The van der Waals surface area contributed by atoms with Crippen molar-refractivity contribution < 1.29 is 42.8 Å². The maximum Gasteiger partial charge on any atom is 0.343 e. The SMILES string of the molecule is C=CC(=O)OCCCOc1ccc(C(=O)Oc2ccc(OC(=O)c3ccc(OCCCO/C(C=C)=C\CC)cc3)cc2C)cc1. The molecule has 0 aliphatic rings. The van der Waals surface area contributed by atoms with Crippen molar-refractivity contribution in [1.82, 2.24) is 0 Å². The molecule has 3 rings (SSSR count). The van der Waals surface area contributed by atoms with Gasteiger partial charge in [0, 0.05) is 18.9 Å². The van der Waals surface area contributed by atoms with Crippen LogP contribution < -0.4 is 18.9 Å². The van der Waals surface area contributed by atoms with Crippen molar-refractivity contribution in [2.24, 2.45) is 0 Å². The largest absolute Gasteiger partial charge is 0.494 e. The third kappa shape index (κ3) is 11.7. The molecule has 0 aliphatic heterocycles. The fourth-order valence-electron chi connectivity index (χ4n) is 3.82. The lowest BCUT2D eigenvalue weighted by molar-refractivity contribution is -0.137. The van der Waals surface area contributed by atoms with E-state index in [4.69, 9.17) is 28.4 Å². The number of carbonyl (C=O) groups excluding carboxylic acids is 3. The Balaban J connectivity index is 1.44. The van der Waals surface area contributed by atoms with Crippen LogP contribution in [-0.2, 0) is 14.3 Å². The second-order valence-electron chi connectivity index (χ2n) is 9.60. The average molecular weight is 615 g/mol. The summed E-state index contributed by atoms with van der Waals surface area (Å²) in [6.07, 6.45) is 6.85. The first-order valence-corrected chi connectivity index (χ1v) is 14.6. The molecular weight excluding hydrogens is 576 g/mol. The van der Waals surface area contributed by atoms with Crippen LogP contribution in [0.5, 0.6) is 23.0 Å². The molecule has 0 aromatic heterocycles. The van der Waals surface area contributed by atoms with Crippen molar-refractivity contribution in [2.75, 3.05) is 26.4 Å². The fourth-order valence-corrected chi connectivity index (χ4v) is 3.82. The van der Waals surface area contributed by atoms with Crippen LogP contribution in [0.15, 0.2) is 104 Å². The monoisotopic (exact) mass is 614 g/mol. The molecule has 3 aromatic rings. The Morgan fingerprint density at radius 1 is 0.667 bits per heavy atom. The van der Waals surface area contributed by atoms with Crippen LogP contribution in [0, 0.1) is 6.92 Å². The second-order valence-corrected chi connectivity index (χ2v) is 9.60. The van der Waals surface area contributed by atoms with Crippen LogP contribution in [0.4, 0.5) is 0 Å². The van der Waals surface area contributed by atoms with E-state index in [0.29, 0.717) is 72.4 Å². The van der Waals surface area contributed by atoms with Crippen molar-refractivity contribution in [3.05, 3.63) is 121 Å². The van der Waals surface area contributed by atoms with Crippen LogP contribution in [0.3, 0.4) is 0 Å². The molecule has 3 aromatic carbocycles. The van der Waals surface area contributed by atoms with Gasteiger partial charge in [-0.2, -0.15) is 0 Å². The van der Waals surface area contributed by atoms with Gasteiger partial charge in [-0.05, 0) is 97.8 Å². The first-order valence-electron chi connectivity index (χ1n) is 14.6. The van der Waals surface area contributed by atoms with Crippen LogP contribution in [-0.4, -0.2) is 44.3 Å². The normalized spacial score (nSPS) is 10.8. The first kappa shape index (κ1) is 34.2. The summed E-state index contributed by atoms with van der Waals surface area (Å²) in [6.45, 7) is 12.4. The maximum atomic E-state index is 12.7. The summed E-state index contributed by atoms with van der Waals surface area (Å²) in [5, 5.41) is 0. The van der Waals surface area contributed by atoms with Crippen LogP contribution in [0.25, 0.3) is 0 Å². The van der Waals surface area contributed by atoms with Gasteiger partial charge in [0.2, 0.25) is 0 Å². The van der Waals surface area contributed by atoms with E-state index in [1.165, 1.54) is 0 Å². The Bertz CT molecular complexity index is 1470. The Labute approximate surface area is 263 Å². The van der Waals surface area contributed by atoms with Gasteiger partial charge in [0.15, 0.2) is 0 Å². The molecule has 9 heteroatoms. The van der Waals surface area contributed by atoms with E-state index in [-0.39, 0.29) is 6.61 Å². The molecule has 236 valence electrons. The molecule has 0 saturated carbocycles. The number of hydrogen-bond donors (Lipinski definition) is 0. The molecule has 0 unspecified atom stereocenters. The van der Waals surface area contributed by atoms with E-state index in [2.05, 4.69) is 13.2 Å². The minimum absolute atomic E-state index is 0.224. The van der Waals surface area contributed by atoms with Crippen molar-refractivity contribution in [2.45, 2.75) is 33.1 Å². The van der Waals surface area contributed by atoms with Crippen LogP contribution >= 0.6 is 0 Å². The summed E-state index contributed by atoms with van der Waals surface area (Å²) >= 11 is 0. The number of hydrogen-bond acceptors (Lipinski definition) is 9. The number of benzene rings is 3. The second kappa shape index (κ2) is 18.4. The molecule has 0 atom stereocenters. The highest BCUT2D eigenvalue weighted by atomic mass is 16.5. The number of allylic oxidation sites excluding steroid dienone is 2. The Morgan fingerprint density at radius 3 is 1.71 bits per heavy atom. The Morgan fingerprint density at radius 2 is 1.20 bits per heavy atom. The lowest BCUT2D eigenvalue weighted by atomic mass is 10.2. The van der Waals surface area contributed by atoms with Gasteiger partial charge in [-0.25, -0.2) is 14.4 Å². The first-order chi connectivity index (χ1) is 21.8. The number of carbonyl (C=O) groups is 3. The Kier molecular flexibility index (Phi) is 14.0. The quantitative estimate of drug-likeness (QED) is 0.0367. The molecule has 0 radical (unpaired) electrons. The van der Waals surface area contributed by atoms with E-state index < -0.39 is 17.9 Å². The van der Waals surface area contributed by atoms with Crippen molar-refractivity contribution in [3.8, 4) is 23.0 Å². The molecule has 0 bridgehead atoms. The third-order valence-corrected chi connectivity index (χ3v) is 6.14. The minimum Gasteiger partial charge on any atom is -0.494 e. The number of rotatable bonds is 18. The fraction of sp³-hybridized carbons (Fsp3) is 0.250. The predicted molar refractivity (Wildman–Crippen MR) is 170 cm³/mol. The van der Waals surface area contributed by atoms with Gasteiger partial charge < -0.3 is 28.4 Å². The van der Waals surface area contributed by atoms with E-state index in [0.717, 1.165) is 18.3 Å². The standard InChI is InChI=1S/C36H38O9/c1-5-10-29(6-2)40-21-8-22-41-30-15-11-27(12-16-30)35(38)44-32-19-20-33(26(4)25-32)45-36(39)28-13-17-31(18-14-28)42-23-9-24-43-34(37)7-3/h6-7,10-20,25H,2-3,5,8-9,21-24H2,1,4H3/b29-10-. The van der Waals surface area contributed by atoms with Gasteiger partial charge in [0.1, 0.15) is 28.8 Å². The molecule has 0 heterocycles.